The van der Waals surface area contributed by atoms with Crippen molar-refractivity contribution in [1.29, 1.82) is 0 Å². The molecule has 2 aromatic carbocycles. The molecule has 0 fully saturated rings. The Balaban J connectivity index is 2.04. The number of thioether (sulfide) groups is 1. The van der Waals surface area contributed by atoms with Gasteiger partial charge < -0.3 is 4.42 Å². The second kappa shape index (κ2) is 6.46. The Labute approximate surface area is 134 Å². The van der Waals surface area contributed by atoms with E-state index in [4.69, 9.17) is 4.42 Å². The highest BCUT2D eigenvalue weighted by atomic mass is 32.2. The number of halogens is 1. The van der Waals surface area contributed by atoms with Gasteiger partial charge >= 0.3 is 0 Å². The van der Waals surface area contributed by atoms with Gasteiger partial charge in [-0.15, -0.1) is 0 Å². The second-order valence-electron chi connectivity index (χ2n) is 4.41. The first kappa shape index (κ1) is 15.0. The zero-order valence-electron chi connectivity index (χ0n) is 11.7. The SMILES string of the molecule is CSc1oc(-c2ccccc2)nc1S(=O)c1cccc(F)c1. The van der Waals surface area contributed by atoms with Gasteiger partial charge in [0.1, 0.15) is 16.6 Å². The average Bonchev–Trinajstić information content (AvgIpc) is 2.99. The molecule has 0 spiro atoms. The minimum Gasteiger partial charge on any atom is -0.429 e. The first-order valence-electron chi connectivity index (χ1n) is 6.46. The molecule has 0 amide bonds. The summed E-state index contributed by atoms with van der Waals surface area (Å²) in [5, 5.41) is 0.790. The van der Waals surface area contributed by atoms with Crippen molar-refractivity contribution in [2.45, 2.75) is 15.0 Å². The molecular weight excluding hydrogens is 321 g/mol. The Bertz CT molecular complexity index is 818. The molecule has 0 saturated carbocycles. The molecule has 22 heavy (non-hydrogen) atoms. The molecule has 0 aliphatic rings. The van der Waals surface area contributed by atoms with Gasteiger partial charge in [-0.25, -0.2) is 8.60 Å². The van der Waals surface area contributed by atoms with E-state index in [1.54, 1.807) is 6.07 Å². The highest BCUT2D eigenvalue weighted by Gasteiger charge is 2.21. The highest BCUT2D eigenvalue weighted by Crippen LogP contribution is 2.31. The molecule has 3 nitrogen and oxygen atoms in total. The molecule has 3 aromatic rings. The fourth-order valence-electron chi connectivity index (χ4n) is 1.94. The van der Waals surface area contributed by atoms with Crippen molar-refractivity contribution < 1.29 is 13.0 Å². The van der Waals surface area contributed by atoms with Crippen LogP contribution < -0.4 is 0 Å². The largest absolute Gasteiger partial charge is 0.429 e. The molecule has 112 valence electrons. The summed E-state index contributed by atoms with van der Waals surface area (Å²) in [4.78, 5) is 4.71. The first-order valence-corrected chi connectivity index (χ1v) is 8.84. The fraction of sp³-hybridized carbons (Fsp3) is 0.0625. The van der Waals surface area contributed by atoms with Crippen LogP contribution in [0.4, 0.5) is 4.39 Å². The topological polar surface area (TPSA) is 43.1 Å². The summed E-state index contributed by atoms with van der Waals surface area (Å²) in [5.74, 6) is -0.0203. The molecule has 3 rings (SSSR count). The molecule has 0 radical (unpaired) electrons. The third kappa shape index (κ3) is 2.98. The van der Waals surface area contributed by atoms with E-state index in [-0.39, 0.29) is 0 Å². The maximum atomic E-state index is 13.3. The summed E-state index contributed by atoms with van der Waals surface area (Å²) in [6.07, 6.45) is 1.82. The number of benzene rings is 2. The average molecular weight is 333 g/mol. The first-order chi connectivity index (χ1) is 10.7. The maximum Gasteiger partial charge on any atom is 0.228 e. The molecule has 1 heterocycles. The Kier molecular flexibility index (Phi) is 4.40. The number of hydrogen-bond donors (Lipinski definition) is 0. The van der Waals surface area contributed by atoms with Crippen LogP contribution in [0.5, 0.6) is 0 Å². The molecular formula is C16H12FNO2S2. The van der Waals surface area contributed by atoms with Crippen molar-refractivity contribution in [2.75, 3.05) is 6.26 Å². The zero-order valence-corrected chi connectivity index (χ0v) is 13.3. The van der Waals surface area contributed by atoms with Crippen LogP contribution >= 0.6 is 11.8 Å². The van der Waals surface area contributed by atoms with Gasteiger partial charge in [0.05, 0.1) is 0 Å². The van der Waals surface area contributed by atoms with Gasteiger partial charge in [0.15, 0.2) is 10.1 Å². The molecule has 1 unspecified atom stereocenters. The summed E-state index contributed by atoms with van der Waals surface area (Å²) in [5.41, 5.74) is 0.806. The highest BCUT2D eigenvalue weighted by molar-refractivity contribution is 7.99. The smallest absolute Gasteiger partial charge is 0.228 e. The van der Waals surface area contributed by atoms with Gasteiger partial charge in [0.25, 0.3) is 0 Å². The molecule has 0 bridgehead atoms. The molecule has 6 heteroatoms. The maximum absolute atomic E-state index is 13.3. The molecule has 0 N–H and O–H groups in total. The van der Waals surface area contributed by atoms with Gasteiger partial charge in [-0.05, 0) is 36.6 Å². The predicted octanol–water partition coefficient (Wildman–Crippen LogP) is 4.37. The van der Waals surface area contributed by atoms with Gasteiger partial charge in [0.2, 0.25) is 5.89 Å². The van der Waals surface area contributed by atoms with Crippen LogP contribution in [-0.4, -0.2) is 15.4 Å². The lowest BCUT2D eigenvalue weighted by atomic mass is 10.2. The van der Waals surface area contributed by atoms with Crippen LogP contribution in [0.1, 0.15) is 0 Å². The van der Waals surface area contributed by atoms with Gasteiger partial charge in [-0.3, -0.25) is 0 Å². The molecule has 0 aliphatic carbocycles. The number of rotatable bonds is 4. The second-order valence-corrected chi connectivity index (χ2v) is 6.58. The molecule has 0 saturated heterocycles. The van der Waals surface area contributed by atoms with Crippen molar-refractivity contribution in [1.82, 2.24) is 4.98 Å². The Morgan fingerprint density at radius 3 is 2.59 bits per heavy atom. The van der Waals surface area contributed by atoms with Crippen LogP contribution in [-0.2, 0) is 10.8 Å². The lowest BCUT2D eigenvalue weighted by Crippen LogP contribution is -1.95. The number of oxazole rings is 1. The Hall–Kier alpha value is -1.92. The van der Waals surface area contributed by atoms with Gasteiger partial charge in [-0.2, -0.15) is 4.98 Å². The Morgan fingerprint density at radius 2 is 1.91 bits per heavy atom. The quantitative estimate of drug-likeness (QED) is 0.665. The summed E-state index contributed by atoms with van der Waals surface area (Å²) in [6, 6.07) is 15.1. The van der Waals surface area contributed by atoms with Gasteiger partial charge in [0, 0.05) is 10.5 Å². The van der Waals surface area contributed by atoms with Crippen LogP contribution in [0.3, 0.4) is 0 Å². The summed E-state index contributed by atoms with van der Waals surface area (Å²) in [6.45, 7) is 0. The van der Waals surface area contributed by atoms with E-state index in [0.29, 0.717) is 20.9 Å². The van der Waals surface area contributed by atoms with E-state index >= 15 is 0 Å². The predicted molar refractivity (Wildman–Crippen MR) is 84.8 cm³/mol. The van der Waals surface area contributed by atoms with E-state index in [9.17, 15) is 8.60 Å². The van der Waals surface area contributed by atoms with Crippen LogP contribution in [0.25, 0.3) is 11.5 Å². The van der Waals surface area contributed by atoms with Crippen LogP contribution in [0, 0.1) is 5.82 Å². The van der Waals surface area contributed by atoms with Crippen LogP contribution in [0.15, 0.2) is 74.0 Å². The van der Waals surface area contributed by atoms with E-state index in [2.05, 4.69) is 4.98 Å². The number of aromatic nitrogens is 1. The number of hydrogen-bond acceptors (Lipinski definition) is 4. The minimum atomic E-state index is -1.59. The lowest BCUT2D eigenvalue weighted by molar-refractivity contribution is 0.473. The molecule has 1 atom stereocenters. The summed E-state index contributed by atoms with van der Waals surface area (Å²) in [7, 11) is -1.59. The third-order valence-electron chi connectivity index (χ3n) is 2.96. The van der Waals surface area contributed by atoms with Crippen molar-refractivity contribution in [3.8, 4) is 11.5 Å². The van der Waals surface area contributed by atoms with Gasteiger partial charge in [-0.1, -0.05) is 36.0 Å². The standard InChI is InChI=1S/C16H12FNO2S2/c1-21-16-15(22(19)13-9-5-8-12(17)10-13)18-14(20-16)11-6-3-2-4-7-11/h2-10H,1H3. The minimum absolute atomic E-state index is 0.317. The normalized spacial score (nSPS) is 12.3. The zero-order chi connectivity index (χ0) is 15.5. The number of nitrogens with zero attached hydrogens (tertiary/aromatic N) is 1. The molecule has 1 aromatic heterocycles. The van der Waals surface area contributed by atoms with E-state index in [1.165, 1.54) is 30.0 Å². The summed E-state index contributed by atoms with van der Waals surface area (Å²) < 4.78 is 31.6. The van der Waals surface area contributed by atoms with Crippen molar-refractivity contribution in [3.63, 3.8) is 0 Å². The third-order valence-corrected chi connectivity index (χ3v) is 5.05. The van der Waals surface area contributed by atoms with E-state index < -0.39 is 16.6 Å². The summed E-state index contributed by atoms with van der Waals surface area (Å²) >= 11 is 1.32. The monoisotopic (exact) mass is 333 g/mol. The van der Waals surface area contributed by atoms with Crippen molar-refractivity contribution in [3.05, 3.63) is 60.4 Å². The van der Waals surface area contributed by atoms with Crippen molar-refractivity contribution >= 4 is 22.6 Å². The Morgan fingerprint density at radius 1 is 1.14 bits per heavy atom. The van der Waals surface area contributed by atoms with Crippen LogP contribution in [0.2, 0.25) is 0 Å². The van der Waals surface area contributed by atoms with E-state index in [1.807, 2.05) is 36.6 Å². The lowest BCUT2D eigenvalue weighted by Gasteiger charge is -1.99. The molecule has 0 aliphatic heterocycles. The van der Waals surface area contributed by atoms with Crippen molar-refractivity contribution in [2.24, 2.45) is 0 Å². The van der Waals surface area contributed by atoms with E-state index in [0.717, 1.165) is 5.56 Å². The fourth-order valence-corrected chi connectivity index (χ4v) is 3.80.